The van der Waals surface area contributed by atoms with Gasteiger partial charge in [-0.1, -0.05) is 12.5 Å². The number of allylic oxidation sites excluding steroid dienone is 1. The first-order valence-electron chi connectivity index (χ1n) is 9.48. The van der Waals surface area contributed by atoms with Crippen LogP contribution in [0.25, 0.3) is 0 Å². The lowest BCUT2D eigenvalue weighted by Crippen LogP contribution is -2.58. The van der Waals surface area contributed by atoms with Crippen LogP contribution in [0.1, 0.15) is 44.2 Å². The Morgan fingerprint density at radius 3 is 2.81 bits per heavy atom. The Hall–Kier alpha value is -1.57. The van der Waals surface area contributed by atoms with Crippen molar-refractivity contribution in [3.8, 4) is 11.5 Å². The van der Waals surface area contributed by atoms with Crippen LogP contribution in [0.3, 0.4) is 0 Å². The molecule has 4 aliphatic rings. The highest BCUT2D eigenvalue weighted by Gasteiger charge is 2.64. The highest BCUT2D eigenvalue weighted by atomic mass is 127. The van der Waals surface area contributed by atoms with E-state index < -0.39 is 6.10 Å². The van der Waals surface area contributed by atoms with Crippen molar-refractivity contribution >= 4 is 34.5 Å². The van der Waals surface area contributed by atoms with Crippen LogP contribution in [0.4, 0.5) is 0 Å². The maximum atomic E-state index is 11.7. The van der Waals surface area contributed by atoms with Gasteiger partial charge in [0.2, 0.25) is 0 Å². The lowest BCUT2D eigenvalue weighted by atomic mass is 9.50. The molecule has 3 aliphatic carbocycles. The van der Waals surface area contributed by atoms with Crippen molar-refractivity contribution in [1.82, 2.24) is 0 Å². The third kappa shape index (κ3) is 2.34. The van der Waals surface area contributed by atoms with Gasteiger partial charge in [0, 0.05) is 28.4 Å². The Bertz CT molecular complexity index is 891. The molecule has 1 aromatic carbocycles. The zero-order valence-corrected chi connectivity index (χ0v) is 17.4. The summed E-state index contributed by atoms with van der Waals surface area (Å²) >= 11 is 2.35. The van der Waals surface area contributed by atoms with Gasteiger partial charge in [0.25, 0.3) is 0 Å². The summed E-state index contributed by atoms with van der Waals surface area (Å²) in [5.41, 5.74) is 2.32. The van der Waals surface area contributed by atoms with Crippen molar-refractivity contribution in [2.45, 2.75) is 57.2 Å². The van der Waals surface area contributed by atoms with E-state index in [1.54, 1.807) is 0 Å². The predicted molar refractivity (Wildman–Crippen MR) is 106 cm³/mol. The van der Waals surface area contributed by atoms with Gasteiger partial charge in [-0.15, -0.1) is 0 Å². The number of rotatable bonds is 2. The molecule has 1 heterocycles. The highest BCUT2D eigenvalue weighted by Crippen LogP contribution is 2.65. The van der Waals surface area contributed by atoms with Crippen molar-refractivity contribution in [1.29, 1.82) is 0 Å². The number of ether oxygens (including phenoxy) is 3. The number of carbonyl (C=O) groups is 2. The number of esters is 2. The molecule has 1 unspecified atom stereocenters. The average Bonchev–Trinajstić information content (AvgIpc) is 2.91. The predicted octanol–water partition coefficient (Wildman–Crippen LogP) is 3.69. The van der Waals surface area contributed by atoms with Gasteiger partial charge >= 0.3 is 11.9 Å². The van der Waals surface area contributed by atoms with Gasteiger partial charge < -0.3 is 14.2 Å². The van der Waals surface area contributed by atoms with Crippen LogP contribution in [0.15, 0.2) is 18.2 Å². The zero-order chi connectivity index (χ0) is 18.9. The summed E-state index contributed by atoms with van der Waals surface area (Å²) in [4.78, 5) is 23.4. The fraction of sp³-hybridized carbons (Fsp3) is 0.524. The van der Waals surface area contributed by atoms with Crippen molar-refractivity contribution in [3.05, 3.63) is 32.9 Å². The van der Waals surface area contributed by atoms with Crippen LogP contribution in [-0.4, -0.2) is 24.1 Å². The molecule has 5 atom stereocenters. The van der Waals surface area contributed by atoms with E-state index in [0.29, 0.717) is 23.3 Å². The second-order valence-corrected chi connectivity index (χ2v) is 9.22. The monoisotopic (exact) mass is 480 g/mol. The number of halogens is 1. The van der Waals surface area contributed by atoms with E-state index in [9.17, 15) is 9.59 Å². The molecule has 6 heteroatoms. The van der Waals surface area contributed by atoms with Crippen molar-refractivity contribution < 1.29 is 23.8 Å². The van der Waals surface area contributed by atoms with E-state index in [4.69, 9.17) is 14.2 Å². The molecule has 2 bridgehead atoms. The molecular weight excluding hydrogens is 459 g/mol. The summed E-state index contributed by atoms with van der Waals surface area (Å²) in [5, 5.41) is 0. The van der Waals surface area contributed by atoms with Gasteiger partial charge in [0.1, 0.15) is 6.10 Å². The minimum Gasteiger partial charge on any atom is -0.481 e. The fourth-order valence-corrected chi connectivity index (χ4v) is 6.68. The van der Waals surface area contributed by atoms with Gasteiger partial charge in [0.15, 0.2) is 17.6 Å². The molecule has 0 radical (unpaired) electrons. The second-order valence-electron chi connectivity index (χ2n) is 8.05. The average molecular weight is 480 g/mol. The topological polar surface area (TPSA) is 61.8 Å². The van der Waals surface area contributed by atoms with E-state index in [2.05, 4.69) is 28.7 Å². The lowest BCUT2D eigenvalue weighted by molar-refractivity contribution is -0.151. The molecule has 0 aromatic heterocycles. The summed E-state index contributed by atoms with van der Waals surface area (Å²) in [7, 11) is 0. The van der Waals surface area contributed by atoms with Crippen LogP contribution in [0, 0.1) is 15.4 Å². The van der Waals surface area contributed by atoms with Crippen molar-refractivity contribution in [2.24, 2.45) is 11.8 Å². The van der Waals surface area contributed by atoms with Crippen LogP contribution in [-0.2, 0) is 26.2 Å². The molecule has 0 N–H and O–H groups in total. The lowest BCUT2D eigenvalue weighted by Gasteiger charge is -2.54. The molecule has 27 heavy (non-hydrogen) atoms. The van der Waals surface area contributed by atoms with Gasteiger partial charge in [0.05, 0.1) is 0 Å². The molecule has 1 fully saturated rings. The molecule has 5 rings (SSSR count). The molecule has 1 saturated carbocycles. The Morgan fingerprint density at radius 1 is 1.26 bits per heavy atom. The van der Waals surface area contributed by atoms with Gasteiger partial charge in [-0.25, -0.2) is 0 Å². The first-order chi connectivity index (χ1) is 12.9. The minimum atomic E-state index is -0.418. The molecule has 142 valence electrons. The molecular formula is C21H21IO5. The molecule has 0 amide bonds. The maximum absolute atomic E-state index is 11.7. The van der Waals surface area contributed by atoms with E-state index >= 15 is 0 Å². The zero-order valence-electron chi connectivity index (χ0n) is 15.3. The van der Waals surface area contributed by atoms with Crippen LogP contribution >= 0.6 is 22.6 Å². The molecule has 5 nitrogen and oxygen atoms in total. The SMILES string of the molecule is CC(=O)Oc1cc(I)c2c3c1O[C@H]1[C@@H](OC(C)=O)C=CC4[C@H](CCC[C@@]341)C2. The minimum absolute atomic E-state index is 0.198. The standard InChI is InChI=1S/C21H21IO5/c1-10(23)25-16-6-5-14-12-4-3-7-21(14)18-13(8-12)15(22)9-17(26-11(2)24)19(18)27-20(16)21/h5-6,9,12,14,16,20H,3-4,7-8H2,1-2H3/t12-,14?,16+,20+,21+/m1/s1. The largest absolute Gasteiger partial charge is 0.481 e. The third-order valence-corrected chi connectivity index (χ3v) is 7.58. The van der Waals surface area contributed by atoms with Crippen LogP contribution in [0.2, 0.25) is 0 Å². The quantitative estimate of drug-likeness (QED) is 0.280. The fourth-order valence-electron chi connectivity index (χ4n) is 5.91. The number of hydrogen-bond acceptors (Lipinski definition) is 5. The Labute approximate surface area is 171 Å². The first-order valence-corrected chi connectivity index (χ1v) is 10.6. The summed E-state index contributed by atoms with van der Waals surface area (Å²) in [6.45, 7) is 2.84. The molecule has 1 aromatic rings. The second kappa shape index (κ2) is 5.96. The summed E-state index contributed by atoms with van der Waals surface area (Å²) in [6, 6.07) is 1.91. The van der Waals surface area contributed by atoms with E-state index in [-0.39, 0.29) is 23.5 Å². The Morgan fingerprint density at radius 2 is 2.07 bits per heavy atom. The summed E-state index contributed by atoms with van der Waals surface area (Å²) in [5.74, 6) is 1.44. The highest BCUT2D eigenvalue weighted by molar-refractivity contribution is 14.1. The van der Waals surface area contributed by atoms with Crippen LogP contribution < -0.4 is 9.47 Å². The van der Waals surface area contributed by atoms with E-state index in [1.807, 2.05) is 12.1 Å². The van der Waals surface area contributed by atoms with E-state index in [1.165, 1.54) is 31.4 Å². The maximum Gasteiger partial charge on any atom is 0.308 e. The first kappa shape index (κ1) is 17.5. The van der Waals surface area contributed by atoms with Crippen LogP contribution in [0.5, 0.6) is 11.5 Å². The number of benzene rings is 1. The van der Waals surface area contributed by atoms with Crippen molar-refractivity contribution in [2.75, 3.05) is 0 Å². The normalized spacial score (nSPS) is 34.5. The van der Waals surface area contributed by atoms with Gasteiger partial charge in [-0.3, -0.25) is 9.59 Å². The summed E-state index contributed by atoms with van der Waals surface area (Å²) in [6.07, 6.45) is 7.93. The summed E-state index contributed by atoms with van der Waals surface area (Å²) < 4.78 is 18.7. The molecule has 1 spiro atoms. The molecule has 0 saturated heterocycles. The molecule has 1 aliphatic heterocycles. The number of carbonyl (C=O) groups excluding carboxylic acids is 2. The van der Waals surface area contributed by atoms with Gasteiger partial charge in [-0.05, 0) is 71.4 Å². The Kier molecular flexibility index (Phi) is 3.87. The van der Waals surface area contributed by atoms with Crippen molar-refractivity contribution in [3.63, 3.8) is 0 Å². The van der Waals surface area contributed by atoms with Gasteiger partial charge in [-0.2, -0.15) is 0 Å². The Balaban J connectivity index is 1.74. The number of hydrogen-bond donors (Lipinski definition) is 0. The smallest absolute Gasteiger partial charge is 0.308 e. The van der Waals surface area contributed by atoms with E-state index in [0.717, 1.165) is 22.8 Å². The third-order valence-electron chi connectivity index (χ3n) is 6.61.